The quantitative estimate of drug-likeness (QED) is 0.728. The molecule has 0 spiro atoms. The van der Waals surface area contributed by atoms with E-state index in [1.807, 2.05) is 44.5 Å². The molecule has 2 heterocycles. The second-order valence-corrected chi connectivity index (χ2v) is 7.32. The number of benzene rings is 1. The van der Waals surface area contributed by atoms with Crippen LogP contribution in [-0.2, 0) is 11.3 Å². The zero-order chi connectivity index (χ0) is 17.3. The molecule has 0 saturated carbocycles. The van der Waals surface area contributed by atoms with Gasteiger partial charge in [-0.05, 0) is 39.0 Å². The molecule has 7 nitrogen and oxygen atoms in total. The Labute approximate surface area is 143 Å². The van der Waals surface area contributed by atoms with Crippen LogP contribution >= 0.6 is 11.3 Å². The average Bonchev–Trinajstić information content (AvgIpc) is 3.12. The first-order chi connectivity index (χ1) is 11.3. The van der Waals surface area contributed by atoms with Gasteiger partial charge in [-0.1, -0.05) is 0 Å². The number of rotatable bonds is 3. The first-order valence-electron chi connectivity index (χ1n) is 7.50. The number of hydrogen-bond donors (Lipinski definition) is 0. The molecule has 0 saturated heterocycles. The molecule has 1 aromatic carbocycles. The Bertz CT molecular complexity index is 865. The molecule has 0 N–H and O–H groups in total. The lowest BCUT2D eigenvalue weighted by Crippen LogP contribution is -2.34. The van der Waals surface area contributed by atoms with Crippen molar-refractivity contribution in [1.29, 1.82) is 0 Å². The second kappa shape index (κ2) is 6.20. The molecule has 3 aromatic rings. The largest absolute Gasteiger partial charge is 0.444 e. The van der Waals surface area contributed by atoms with E-state index in [1.165, 1.54) is 11.2 Å². The fraction of sp³-hybridized carbons (Fsp3) is 0.375. The second-order valence-electron chi connectivity index (χ2n) is 6.43. The van der Waals surface area contributed by atoms with Crippen LogP contribution in [0.5, 0.6) is 0 Å². The highest BCUT2D eigenvalue weighted by Gasteiger charge is 2.21. The van der Waals surface area contributed by atoms with E-state index in [2.05, 4.69) is 15.1 Å². The molecule has 0 fully saturated rings. The van der Waals surface area contributed by atoms with Gasteiger partial charge in [0, 0.05) is 7.05 Å². The molecule has 3 rings (SSSR count). The van der Waals surface area contributed by atoms with E-state index < -0.39 is 11.7 Å². The van der Waals surface area contributed by atoms with Gasteiger partial charge in [0.2, 0.25) is 0 Å². The van der Waals surface area contributed by atoms with Crippen LogP contribution in [0, 0.1) is 0 Å². The highest BCUT2D eigenvalue weighted by Crippen LogP contribution is 2.21. The van der Waals surface area contributed by atoms with Crippen LogP contribution in [0.3, 0.4) is 0 Å². The van der Waals surface area contributed by atoms with Crippen molar-refractivity contribution in [3.05, 3.63) is 35.9 Å². The number of nitrogens with zero attached hydrogens (tertiary/aromatic N) is 5. The first-order valence-corrected chi connectivity index (χ1v) is 8.38. The predicted molar refractivity (Wildman–Crippen MR) is 92.2 cm³/mol. The molecular weight excluding hydrogens is 326 g/mol. The molecular formula is C16H19N5O2S. The average molecular weight is 345 g/mol. The van der Waals surface area contributed by atoms with Crippen LogP contribution in [-0.4, -0.2) is 43.4 Å². The van der Waals surface area contributed by atoms with Crippen molar-refractivity contribution in [3.8, 4) is 5.69 Å². The Hall–Kier alpha value is -2.48. The Kier molecular flexibility index (Phi) is 4.23. The Morgan fingerprint density at radius 3 is 2.88 bits per heavy atom. The Morgan fingerprint density at radius 1 is 1.33 bits per heavy atom. The van der Waals surface area contributed by atoms with Crippen molar-refractivity contribution in [2.24, 2.45) is 0 Å². The summed E-state index contributed by atoms with van der Waals surface area (Å²) in [5.74, 6) is 0.651. The van der Waals surface area contributed by atoms with Gasteiger partial charge in [-0.2, -0.15) is 5.10 Å². The van der Waals surface area contributed by atoms with Gasteiger partial charge in [-0.25, -0.2) is 19.4 Å². The maximum atomic E-state index is 12.1. The molecule has 0 atom stereocenters. The number of thiazole rings is 1. The van der Waals surface area contributed by atoms with Gasteiger partial charge >= 0.3 is 6.09 Å². The van der Waals surface area contributed by atoms with Crippen molar-refractivity contribution in [2.75, 3.05) is 7.05 Å². The predicted octanol–water partition coefficient (Wildman–Crippen LogP) is 3.24. The monoisotopic (exact) mass is 345 g/mol. The summed E-state index contributed by atoms with van der Waals surface area (Å²) >= 11 is 1.59. The van der Waals surface area contributed by atoms with Crippen molar-refractivity contribution >= 4 is 27.6 Å². The normalized spacial score (nSPS) is 11.7. The van der Waals surface area contributed by atoms with Crippen LogP contribution in [0.15, 0.2) is 30.0 Å². The molecule has 0 aliphatic rings. The number of ether oxygens (including phenoxy) is 1. The summed E-state index contributed by atoms with van der Waals surface area (Å²) in [7, 11) is 1.68. The van der Waals surface area contributed by atoms with Gasteiger partial charge in [0.1, 0.15) is 11.9 Å². The summed E-state index contributed by atoms with van der Waals surface area (Å²) in [6, 6.07) is 5.93. The van der Waals surface area contributed by atoms with Gasteiger partial charge in [0.05, 0.1) is 28.0 Å². The fourth-order valence-electron chi connectivity index (χ4n) is 2.18. The van der Waals surface area contributed by atoms with Crippen molar-refractivity contribution in [1.82, 2.24) is 24.6 Å². The third kappa shape index (κ3) is 3.53. The van der Waals surface area contributed by atoms with Gasteiger partial charge < -0.3 is 9.64 Å². The SMILES string of the molecule is CN(Cc1ncnn1-c1ccc2scnc2c1)C(=O)OC(C)(C)C. The van der Waals surface area contributed by atoms with Crippen LogP contribution < -0.4 is 0 Å². The minimum atomic E-state index is -0.533. The summed E-state index contributed by atoms with van der Waals surface area (Å²) in [5, 5.41) is 4.27. The lowest BCUT2D eigenvalue weighted by Gasteiger charge is -2.24. The van der Waals surface area contributed by atoms with E-state index in [9.17, 15) is 4.79 Å². The Balaban J connectivity index is 1.81. The molecule has 0 bridgehead atoms. The van der Waals surface area contributed by atoms with E-state index in [1.54, 1.807) is 23.1 Å². The van der Waals surface area contributed by atoms with Crippen molar-refractivity contribution in [3.63, 3.8) is 0 Å². The molecule has 8 heteroatoms. The van der Waals surface area contributed by atoms with Crippen molar-refractivity contribution < 1.29 is 9.53 Å². The van der Waals surface area contributed by atoms with E-state index in [4.69, 9.17) is 4.74 Å². The maximum Gasteiger partial charge on any atom is 0.410 e. The highest BCUT2D eigenvalue weighted by atomic mass is 32.1. The summed E-state index contributed by atoms with van der Waals surface area (Å²) in [4.78, 5) is 22.2. The number of carbonyl (C=O) groups is 1. The van der Waals surface area contributed by atoms with Crippen LogP contribution in [0.2, 0.25) is 0 Å². The van der Waals surface area contributed by atoms with Crippen LogP contribution in [0.25, 0.3) is 15.9 Å². The molecule has 0 aliphatic heterocycles. The molecule has 0 radical (unpaired) electrons. The molecule has 24 heavy (non-hydrogen) atoms. The third-order valence-electron chi connectivity index (χ3n) is 3.26. The van der Waals surface area contributed by atoms with Crippen molar-refractivity contribution in [2.45, 2.75) is 32.9 Å². The lowest BCUT2D eigenvalue weighted by molar-refractivity contribution is 0.0280. The van der Waals surface area contributed by atoms with Gasteiger partial charge in [0.25, 0.3) is 0 Å². The minimum Gasteiger partial charge on any atom is -0.444 e. The summed E-state index contributed by atoms with van der Waals surface area (Å²) < 4.78 is 8.19. The zero-order valence-electron chi connectivity index (χ0n) is 14.1. The number of hydrogen-bond acceptors (Lipinski definition) is 6. The Morgan fingerprint density at radius 2 is 2.12 bits per heavy atom. The molecule has 126 valence electrons. The standard InChI is InChI=1S/C16H19N5O2S/c1-16(2,3)23-15(22)20(4)8-14-17-9-19-21(14)11-5-6-13-12(7-11)18-10-24-13/h5-7,9-10H,8H2,1-4H3. The number of aromatic nitrogens is 4. The minimum absolute atomic E-state index is 0.296. The first kappa shape index (κ1) is 16.4. The summed E-state index contributed by atoms with van der Waals surface area (Å²) in [5.41, 5.74) is 3.06. The highest BCUT2D eigenvalue weighted by molar-refractivity contribution is 7.16. The maximum absolute atomic E-state index is 12.1. The summed E-state index contributed by atoms with van der Waals surface area (Å²) in [6.07, 6.45) is 1.08. The van der Waals surface area contributed by atoms with Crippen LogP contribution in [0.1, 0.15) is 26.6 Å². The number of amides is 1. The van der Waals surface area contributed by atoms with E-state index in [0.29, 0.717) is 12.4 Å². The molecule has 0 aliphatic carbocycles. The van der Waals surface area contributed by atoms with Gasteiger partial charge in [-0.15, -0.1) is 11.3 Å². The topological polar surface area (TPSA) is 73.1 Å². The zero-order valence-corrected chi connectivity index (χ0v) is 14.9. The van der Waals surface area contributed by atoms with E-state index in [0.717, 1.165) is 15.9 Å². The van der Waals surface area contributed by atoms with E-state index in [-0.39, 0.29) is 0 Å². The number of carbonyl (C=O) groups excluding carboxylic acids is 1. The van der Waals surface area contributed by atoms with Gasteiger partial charge in [0.15, 0.2) is 5.82 Å². The van der Waals surface area contributed by atoms with E-state index >= 15 is 0 Å². The smallest absolute Gasteiger partial charge is 0.410 e. The van der Waals surface area contributed by atoms with Crippen LogP contribution in [0.4, 0.5) is 4.79 Å². The molecule has 1 amide bonds. The van der Waals surface area contributed by atoms with Gasteiger partial charge in [-0.3, -0.25) is 0 Å². The molecule has 2 aromatic heterocycles. The lowest BCUT2D eigenvalue weighted by atomic mass is 10.2. The third-order valence-corrected chi connectivity index (χ3v) is 4.07. The number of fused-ring (bicyclic) bond motifs is 1. The summed E-state index contributed by atoms with van der Waals surface area (Å²) in [6.45, 7) is 5.81. The molecule has 0 unspecified atom stereocenters. The fourth-order valence-corrected chi connectivity index (χ4v) is 2.84.